The summed E-state index contributed by atoms with van der Waals surface area (Å²) in [6.45, 7) is 7.18. The van der Waals surface area contributed by atoms with E-state index in [1.54, 1.807) is 19.1 Å². The van der Waals surface area contributed by atoms with Crippen LogP contribution in [-0.4, -0.2) is 29.8 Å². The third-order valence-electron chi connectivity index (χ3n) is 5.33. The zero-order valence-corrected chi connectivity index (χ0v) is 17.0. The summed E-state index contributed by atoms with van der Waals surface area (Å²) in [6, 6.07) is 12.3. The van der Waals surface area contributed by atoms with Gasteiger partial charge in [0.25, 0.3) is 0 Å². The molecule has 1 fully saturated rings. The second-order valence-corrected chi connectivity index (χ2v) is 7.85. The summed E-state index contributed by atoms with van der Waals surface area (Å²) in [6.07, 6.45) is 2.48. The fraction of sp³-hybridized carbons (Fsp3) is 0.391. The number of carbonyl (C=O) groups excluding carboxylic acids is 2. The minimum Gasteiger partial charge on any atom is -0.344 e. The average molecular weight is 397 g/mol. The highest BCUT2D eigenvalue weighted by atomic mass is 19.1. The minimum atomic E-state index is -0.810. The first kappa shape index (κ1) is 21.0. The van der Waals surface area contributed by atoms with E-state index in [4.69, 9.17) is 0 Å². The predicted octanol–water partition coefficient (Wildman–Crippen LogP) is 3.62. The molecule has 5 nitrogen and oxygen atoms in total. The zero-order valence-electron chi connectivity index (χ0n) is 17.0. The Morgan fingerprint density at radius 1 is 1.14 bits per heavy atom. The number of hydrogen-bond acceptors (Lipinski definition) is 3. The first-order valence-electron chi connectivity index (χ1n) is 10.1. The topological polar surface area (TPSA) is 61.4 Å². The van der Waals surface area contributed by atoms with Gasteiger partial charge in [-0.05, 0) is 61.1 Å². The van der Waals surface area contributed by atoms with E-state index in [9.17, 15) is 14.0 Å². The molecular weight excluding hydrogens is 369 g/mol. The number of likely N-dealkylation sites (tertiary alicyclic amines) is 1. The molecule has 6 heteroatoms. The summed E-state index contributed by atoms with van der Waals surface area (Å²) >= 11 is 0. The van der Waals surface area contributed by atoms with E-state index in [0.29, 0.717) is 11.5 Å². The lowest BCUT2D eigenvalue weighted by atomic mass is 9.99. The van der Waals surface area contributed by atoms with Crippen molar-refractivity contribution in [2.75, 3.05) is 18.4 Å². The highest BCUT2D eigenvalue weighted by Gasteiger charge is 2.18. The van der Waals surface area contributed by atoms with Gasteiger partial charge < -0.3 is 10.6 Å². The van der Waals surface area contributed by atoms with Crippen molar-refractivity contribution < 1.29 is 14.0 Å². The molecule has 1 unspecified atom stereocenters. The molecule has 1 atom stereocenters. The summed E-state index contributed by atoms with van der Waals surface area (Å²) in [5.41, 5.74) is 2.89. The molecule has 2 amide bonds. The standard InChI is InChI=1S/C23H28FN3O2/c1-16-6-5-11-27(14-16)15-19-8-4-3-7-18(19)13-25-22(28)23(29)26-20-10-9-17(2)21(24)12-20/h3-4,7-10,12,16H,5-6,11,13-15H2,1-2H3,(H,25,28)(H,26,29). The Kier molecular flexibility index (Phi) is 6.99. The highest BCUT2D eigenvalue weighted by Crippen LogP contribution is 2.19. The van der Waals surface area contributed by atoms with Gasteiger partial charge in [-0.1, -0.05) is 37.3 Å². The number of nitrogens with one attached hydrogen (secondary N) is 2. The van der Waals surface area contributed by atoms with Gasteiger partial charge >= 0.3 is 11.8 Å². The number of anilines is 1. The molecule has 0 aromatic heterocycles. The zero-order chi connectivity index (χ0) is 20.8. The molecule has 3 rings (SSSR count). The van der Waals surface area contributed by atoms with Gasteiger partial charge in [0.05, 0.1) is 0 Å². The number of aryl methyl sites for hydroxylation is 1. The molecule has 0 bridgehead atoms. The Morgan fingerprint density at radius 3 is 2.62 bits per heavy atom. The maximum Gasteiger partial charge on any atom is 0.313 e. The fourth-order valence-corrected chi connectivity index (χ4v) is 3.67. The maximum atomic E-state index is 13.6. The van der Waals surface area contributed by atoms with Crippen LogP contribution in [-0.2, 0) is 22.7 Å². The Morgan fingerprint density at radius 2 is 1.90 bits per heavy atom. The number of halogens is 1. The maximum absolute atomic E-state index is 13.6. The SMILES string of the molecule is Cc1ccc(NC(=O)C(=O)NCc2ccccc2CN2CCCC(C)C2)cc1F. The third-order valence-corrected chi connectivity index (χ3v) is 5.33. The molecule has 2 N–H and O–H groups in total. The summed E-state index contributed by atoms with van der Waals surface area (Å²) in [7, 11) is 0. The molecule has 1 aliphatic rings. The summed E-state index contributed by atoms with van der Waals surface area (Å²) in [5, 5.41) is 5.10. The molecule has 154 valence electrons. The molecule has 1 saturated heterocycles. The highest BCUT2D eigenvalue weighted by molar-refractivity contribution is 6.39. The fourth-order valence-electron chi connectivity index (χ4n) is 3.67. The number of rotatable bonds is 5. The molecule has 1 heterocycles. The van der Waals surface area contributed by atoms with Crippen molar-refractivity contribution >= 4 is 17.5 Å². The molecule has 0 radical (unpaired) electrons. The van der Waals surface area contributed by atoms with E-state index < -0.39 is 17.6 Å². The molecule has 0 spiro atoms. The van der Waals surface area contributed by atoms with E-state index >= 15 is 0 Å². The van der Waals surface area contributed by atoms with Gasteiger partial charge in [-0.3, -0.25) is 14.5 Å². The van der Waals surface area contributed by atoms with Crippen LogP contribution in [0, 0.1) is 18.7 Å². The van der Waals surface area contributed by atoms with Gasteiger partial charge in [0.2, 0.25) is 0 Å². The van der Waals surface area contributed by atoms with E-state index in [1.165, 1.54) is 18.9 Å². The number of carbonyl (C=O) groups is 2. The van der Waals surface area contributed by atoms with Crippen LogP contribution in [0.25, 0.3) is 0 Å². The summed E-state index contributed by atoms with van der Waals surface area (Å²) < 4.78 is 13.6. The van der Waals surface area contributed by atoms with Crippen LogP contribution in [0.4, 0.5) is 10.1 Å². The second-order valence-electron chi connectivity index (χ2n) is 7.85. The monoisotopic (exact) mass is 397 g/mol. The van der Waals surface area contributed by atoms with Crippen molar-refractivity contribution in [1.29, 1.82) is 0 Å². The normalized spacial score (nSPS) is 17.0. The quantitative estimate of drug-likeness (QED) is 0.758. The summed E-state index contributed by atoms with van der Waals surface area (Å²) in [4.78, 5) is 26.7. The van der Waals surface area contributed by atoms with Gasteiger partial charge in [0.15, 0.2) is 0 Å². The van der Waals surface area contributed by atoms with Crippen LogP contribution in [0.1, 0.15) is 36.5 Å². The largest absolute Gasteiger partial charge is 0.344 e. The number of benzene rings is 2. The van der Waals surface area contributed by atoms with Crippen LogP contribution in [0.3, 0.4) is 0 Å². The van der Waals surface area contributed by atoms with Gasteiger partial charge in [0, 0.05) is 25.3 Å². The first-order valence-corrected chi connectivity index (χ1v) is 10.1. The molecule has 29 heavy (non-hydrogen) atoms. The Bertz CT molecular complexity index is 884. The average Bonchev–Trinajstić information content (AvgIpc) is 2.70. The number of piperidine rings is 1. The van der Waals surface area contributed by atoms with Crippen molar-refractivity contribution in [2.45, 2.75) is 39.8 Å². The van der Waals surface area contributed by atoms with Gasteiger partial charge in [-0.2, -0.15) is 0 Å². The van der Waals surface area contributed by atoms with E-state index in [2.05, 4.69) is 28.5 Å². The van der Waals surface area contributed by atoms with Crippen molar-refractivity contribution in [1.82, 2.24) is 10.2 Å². The Balaban J connectivity index is 1.57. The lowest BCUT2D eigenvalue weighted by Gasteiger charge is -2.31. The van der Waals surface area contributed by atoms with Crippen LogP contribution >= 0.6 is 0 Å². The number of amides is 2. The molecule has 2 aromatic rings. The van der Waals surface area contributed by atoms with Crippen LogP contribution in [0.15, 0.2) is 42.5 Å². The van der Waals surface area contributed by atoms with Crippen LogP contribution in [0.2, 0.25) is 0 Å². The summed E-state index contributed by atoms with van der Waals surface area (Å²) in [5.74, 6) is -1.28. The lowest BCUT2D eigenvalue weighted by molar-refractivity contribution is -0.136. The van der Waals surface area contributed by atoms with E-state index in [0.717, 1.165) is 30.8 Å². The van der Waals surface area contributed by atoms with E-state index in [1.807, 2.05) is 18.2 Å². The molecule has 0 aliphatic carbocycles. The van der Waals surface area contributed by atoms with Crippen molar-refractivity contribution in [3.05, 3.63) is 65.0 Å². The lowest BCUT2D eigenvalue weighted by Crippen LogP contribution is -2.36. The third kappa shape index (κ3) is 5.87. The minimum absolute atomic E-state index is 0.257. The van der Waals surface area contributed by atoms with Crippen LogP contribution in [0.5, 0.6) is 0 Å². The van der Waals surface area contributed by atoms with Crippen molar-refractivity contribution in [3.8, 4) is 0 Å². The number of hydrogen-bond donors (Lipinski definition) is 2. The second kappa shape index (κ2) is 9.65. The number of nitrogens with zero attached hydrogens (tertiary/aromatic N) is 1. The van der Waals surface area contributed by atoms with Gasteiger partial charge in [0.1, 0.15) is 5.82 Å². The van der Waals surface area contributed by atoms with Gasteiger partial charge in [-0.25, -0.2) is 4.39 Å². The van der Waals surface area contributed by atoms with E-state index in [-0.39, 0.29) is 12.2 Å². The molecule has 0 saturated carbocycles. The molecular formula is C23H28FN3O2. The first-order chi connectivity index (χ1) is 13.9. The Hall–Kier alpha value is -2.73. The van der Waals surface area contributed by atoms with Crippen molar-refractivity contribution in [3.63, 3.8) is 0 Å². The smallest absolute Gasteiger partial charge is 0.313 e. The predicted molar refractivity (Wildman–Crippen MR) is 112 cm³/mol. The Labute approximate surface area is 171 Å². The van der Waals surface area contributed by atoms with Gasteiger partial charge in [-0.15, -0.1) is 0 Å². The van der Waals surface area contributed by atoms with Crippen molar-refractivity contribution in [2.24, 2.45) is 5.92 Å². The molecule has 1 aliphatic heterocycles. The molecule has 2 aromatic carbocycles. The van der Waals surface area contributed by atoms with Crippen LogP contribution < -0.4 is 10.6 Å².